The van der Waals surface area contributed by atoms with E-state index in [-0.39, 0.29) is 0 Å². The van der Waals surface area contributed by atoms with Crippen LogP contribution in [0.4, 0.5) is 0 Å². The van der Waals surface area contributed by atoms with Crippen molar-refractivity contribution in [3.63, 3.8) is 0 Å². The van der Waals surface area contributed by atoms with Crippen molar-refractivity contribution < 1.29 is 4.74 Å². The molecule has 2 aromatic rings. The highest BCUT2D eigenvalue weighted by Crippen LogP contribution is 2.40. The van der Waals surface area contributed by atoms with Crippen molar-refractivity contribution in [1.29, 1.82) is 0 Å². The Bertz CT molecular complexity index is 491. The number of hydrogen-bond donors (Lipinski definition) is 0. The first kappa shape index (κ1) is 10.3. The molecule has 0 saturated heterocycles. The van der Waals surface area contributed by atoms with Crippen LogP contribution in [-0.4, -0.2) is 4.98 Å². The molecule has 1 aliphatic rings. The first-order valence-electron chi connectivity index (χ1n) is 6.03. The molecule has 0 bridgehead atoms. The number of aromatic nitrogens is 1. The zero-order valence-electron chi connectivity index (χ0n) is 9.67. The SMILES string of the molecule is c1ccc(COc2cncc(C3CC3)c2)cc1. The predicted molar refractivity (Wildman–Crippen MR) is 67.0 cm³/mol. The molecular weight excluding hydrogens is 210 g/mol. The largest absolute Gasteiger partial charge is 0.487 e. The van der Waals surface area contributed by atoms with Crippen LogP contribution >= 0.6 is 0 Å². The van der Waals surface area contributed by atoms with Crippen molar-refractivity contribution in [2.24, 2.45) is 0 Å². The molecule has 1 heterocycles. The van der Waals surface area contributed by atoms with Gasteiger partial charge in [-0.3, -0.25) is 4.98 Å². The fourth-order valence-electron chi connectivity index (χ4n) is 1.90. The molecule has 1 aliphatic carbocycles. The van der Waals surface area contributed by atoms with Crippen LogP contribution in [0.2, 0.25) is 0 Å². The van der Waals surface area contributed by atoms with Crippen LogP contribution < -0.4 is 4.74 Å². The topological polar surface area (TPSA) is 22.1 Å². The quantitative estimate of drug-likeness (QED) is 0.794. The van der Waals surface area contributed by atoms with Crippen molar-refractivity contribution in [2.45, 2.75) is 25.4 Å². The average molecular weight is 225 g/mol. The summed E-state index contributed by atoms with van der Waals surface area (Å²) in [6.07, 6.45) is 6.33. The Hall–Kier alpha value is -1.83. The zero-order chi connectivity index (χ0) is 11.5. The third-order valence-corrected chi connectivity index (χ3v) is 3.03. The van der Waals surface area contributed by atoms with E-state index in [0.717, 1.165) is 11.7 Å². The molecule has 1 aromatic heterocycles. The molecule has 2 nitrogen and oxygen atoms in total. The first-order valence-corrected chi connectivity index (χ1v) is 6.03. The number of hydrogen-bond acceptors (Lipinski definition) is 2. The second kappa shape index (κ2) is 4.58. The Morgan fingerprint density at radius 1 is 1.12 bits per heavy atom. The van der Waals surface area contributed by atoms with E-state index in [9.17, 15) is 0 Å². The summed E-state index contributed by atoms with van der Waals surface area (Å²) in [5, 5.41) is 0. The monoisotopic (exact) mass is 225 g/mol. The van der Waals surface area contributed by atoms with Crippen molar-refractivity contribution in [3.05, 3.63) is 59.9 Å². The highest BCUT2D eigenvalue weighted by molar-refractivity contribution is 5.29. The first-order chi connectivity index (χ1) is 8.42. The van der Waals surface area contributed by atoms with Crippen LogP contribution in [-0.2, 0) is 6.61 Å². The third-order valence-electron chi connectivity index (χ3n) is 3.03. The summed E-state index contributed by atoms with van der Waals surface area (Å²) in [6, 6.07) is 12.3. The smallest absolute Gasteiger partial charge is 0.138 e. The summed E-state index contributed by atoms with van der Waals surface area (Å²) in [7, 11) is 0. The Balaban J connectivity index is 1.66. The van der Waals surface area contributed by atoms with E-state index < -0.39 is 0 Å². The van der Waals surface area contributed by atoms with Gasteiger partial charge in [0.15, 0.2) is 0 Å². The average Bonchev–Trinajstić information content (AvgIpc) is 3.22. The van der Waals surface area contributed by atoms with E-state index >= 15 is 0 Å². The standard InChI is InChI=1S/C15H15NO/c1-2-4-12(5-3-1)11-17-15-8-14(9-16-10-15)13-6-7-13/h1-5,8-10,13H,6-7,11H2. The van der Waals surface area contributed by atoms with Crippen LogP contribution in [0.1, 0.15) is 29.9 Å². The van der Waals surface area contributed by atoms with E-state index in [4.69, 9.17) is 4.74 Å². The maximum absolute atomic E-state index is 5.75. The van der Waals surface area contributed by atoms with Crippen LogP contribution in [0.15, 0.2) is 48.8 Å². The van der Waals surface area contributed by atoms with Crippen LogP contribution in [0.5, 0.6) is 5.75 Å². The van der Waals surface area contributed by atoms with Crippen LogP contribution in [0.3, 0.4) is 0 Å². The molecule has 1 aromatic carbocycles. The van der Waals surface area contributed by atoms with Gasteiger partial charge in [0.2, 0.25) is 0 Å². The molecule has 2 heteroatoms. The number of pyridine rings is 1. The molecule has 0 aliphatic heterocycles. The molecule has 0 N–H and O–H groups in total. The van der Waals surface area contributed by atoms with E-state index in [1.54, 1.807) is 6.20 Å². The van der Waals surface area contributed by atoms with Gasteiger partial charge in [-0.05, 0) is 36.0 Å². The van der Waals surface area contributed by atoms with E-state index in [2.05, 4.69) is 23.2 Å². The van der Waals surface area contributed by atoms with Gasteiger partial charge >= 0.3 is 0 Å². The summed E-state index contributed by atoms with van der Waals surface area (Å²) in [5.41, 5.74) is 2.50. The van der Waals surface area contributed by atoms with Crippen molar-refractivity contribution in [2.75, 3.05) is 0 Å². The minimum Gasteiger partial charge on any atom is -0.487 e. The molecule has 1 fully saturated rings. The third kappa shape index (κ3) is 2.64. The minimum atomic E-state index is 0.608. The van der Waals surface area contributed by atoms with Gasteiger partial charge < -0.3 is 4.74 Å². The molecule has 17 heavy (non-hydrogen) atoms. The van der Waals surface area contributed by atoms with Gasteiger partial charge in [0.05, 0.1) is 6.20 Å². The fourth-order valence-corrected chi connectivity index (χ4v) is 1.90. The molecule has 0 atom stereocenters. The highest BCUT2D eigenvalue weighted by atomic mass is 16.5. The normalized spacial score (nSPS) is 14.6. The van der Waals surface area contributed by atoms with Crippen molar-refractivity contribution >= 4 is 0 Å². The summed E-state index contributed by atoms with van der Waals surface area (Å²) in [4.78, 5) is 4.23. The van der Waals surface area contributed by atoms with E-state index in [1.807, 2.05) is 24.4 Å². The molecule has 3 rings (SSSR count). The van der Waals surface area contributed by atoms with E-state index in [1.165, 1.54) is 24.0 Å². The lowest BCUT2D eigenvalue weighted by Gasteiger charge is -2.07. The summed E-state index contributed by atoms with van der Waals surface area (Å²) in [6.45, 7) is 0.608. The van der Waals surface area contributed by atoms with Gasteiger partial charge in [-0.2, -0.15) is 0 Å². The van der Waals surface area contributed by atoms with Crippen molar-refractivity contribution in [1.82, 2.24) is 4.98 Å². The molecule has 86 valence electrons. The fraction of sp³-hybridized carbons (Fsp3) is 0.267. The van der Waals surface area contributed by atoms with Gasteiger partial charge in [-0.15, -0.1) is 0 Å². The lowest BCUT2D eigenvalue weighted by molar-refractivity contribution is 0.304. The Labute approximate surface area is 101 Å². The van der Waals surface area contributed by atoms with Crippen molar-refractivity contribution in [3.8, 4) is 5.75 Å². The van der Waals surface area contributed by atoms with E-state index in [0.29, 0.717) is 6.61 Å². The van der Waals surface area contributed by atoms with Gasteiger partial charge in [0.1, 0.15) is 12.4 Å². The Morgan fingerprint density at radius 3 is 2.71 bits per heavy atom. The molecule has 0 radical (unpaired) electrons. The Morgan fingerprint density at radius 2 is 1.94 bits per heavy atom. The molecule has 0 amide bonds. The summed E-state index contributed by atoms with van der Waals surface area (Å²) in [5.74, 6) is 1.60. The maximum atomic E-state index is 5.75. The highest BCUT2D eigenvalue weighted by Gasteiger charge is 2.23. The van der Waals surface area contributed by atoms with Gasteiger partial charge in [0.25, 0.3) is 0 Å². The van der Waals surface area contributed by atoms with Crippen LogP contribution in [0.25, 0.3) is 0 Å². The van der Waals surface area contributed by atoms with Gasteiger partial charge in [0, 0.05) is 6.20 Å². The number of nitrogens with zero attached hydrogens (tertiary/aromatic N) is 1. The number of rotatable bonds is 4. The predicted octanol–water partition coefficient (Wildman–Crippen LogP) is 3.54. The second-order valence-electron chi connectivity index (χ2n) is 4.50. The lowest BCUT2D eigenvalue weighted by atomic mass is 10.2. The zero-order valence-corrected chi connectivity index (χ0v) is 9.67. The number of ether oxygens (including phenoxy) is 1. The summed E-state index contributed by atoms with van der Waals surface area (Å²) < 4.78 is 5.75. The molecular formula is C15H15NO. The molecule has 0 unspecified atom stereocenters. The maximum Gasteiger partial charge on any atom is 0.138 e. The second-order valence-corrected chi connectivity index (χ2v) is 4.50. The summed E-state index contributed by atoms with van der Waals surface area (Å²) >= 11 is 0. The number of benzene rings is 1. The molecule has 1 saturated carbocycles. The lowest BCUT2D eigenvalue weighted by Crippen LogP contribution is -1.96. The Kier molecular flexibility index (Phi) is 2.78. The van der Waals surface area contributed by atoms with Crippen LogP contribution in [0, 0.1) is 0 Å². The van der Waals surface area contributed by atoms with Gasteiger partial charge in [-0.1, -0.05) is 30.3 Å². The molecule has 0 spiro atoms. The minimum absolute atomic E-state index is 0.608. The van der Waals surface area contributed by atoms with Gasteiger partial charge in [-0.25, -0.2) is 0 Å².